The van der Waals surface area contributed by atoms with Crippen molar-refractivity contribution in [3.05, 3.63) is 29.8 Å². The zero-order valence-electron chi connectivity index (χ0n) is 11.5. The van der Waals surface area contributed by atoms with Gasteiger partial charge in [-0.3, -0.25) is 0 Å². The lowest BCUT2D eigenvalue weighted by Crippen LogP contribution is -2.45. The monoisotopic (exact) mass is 278 g/mol. The van der Waals surface area contributed by atoms with Gasteiger partial charge in [0.05, 0.1) is 12.7 Å². The third-order valence-corrected chi connectivity index (χ3v) is 5.16. The van der Waals surface area contributed by atoms with Gasteiger partial charge in [-0.2, -0.15) is 0 Å². The van der Waals surface area contributed by atoms with Gasteiger partial charge in [0.1, 0.15) is 0 Å². The summed E-state index contributed by atoms with van der Waals surface area (Å²) in [6, 6.07) is 8.79. The molecule has 0 aromatic heterocycles. The van der Waals surface area contributed by atoms with Crippen molar-refractivity contribution in [2.75, 3.05) is 45.6 Å². The van der Waals surface area contributed by atoms with Crippen LogP contribution >= 0.6 is 11.8 Å². The van der Waals surface area contributed by atoms with Crippen molar-refractivity contribution in [1.29, 1.82) is 0 Å². The van der Waals surface area contributed by atoms with Gasteiger partial charge in [-0.05, 0) is 18.7 Å². The summed E-state index contributed by atoms with van der Waals surface area (Å²) in [7, 11) is 2.17. The van der Waals surface area contributed by atoms with Crippen LogP contribution in [0.15, 0.2) is 29.2 Å². The average molecular weight is 278 g/mol. The van der Waals surface area contributed by atoms with E-state index in [1.807, 2.05) is 11.8 Å². The van der Waals surface area contributed by atoms with Gasteiger partial charge in [-0.15, -0.1) is 11.8 Å². The maximum absolute atomic E-state index is 5.77. The van der Waals surface area contributed by atoms with Gasteiger partial charge in [0.2, 0.25) is 0 Å². The number of hydrogen-bond donors (Lipinski definition) is 1. The summed E-state index contributed by atoms with van der Waals surface area (Å²) in [6.07, 6.45) is 0.350. The first-order valence-corrected chi connectivity index (χ1v) is 8.04. The number of fused-ring (bicyclic) bond motifs is 1. The van der Waals surface area contributed by atoms with E-state index >= 15 is 0 Å². The zero-order chi connectivity index (χ0) is 13.1. The van der Waals surface area contributed by atoms with E-state index in [0.29, 0.717) is 12.0 Å². The largest absolute Gasteiger partial charge is 0.374 e. The molecule has 2 aliphatic heterocycles. The van der Waals surface area contributed by atoms with E-state index in [9.17, 15) is 0 Å². The molecule has 2 atom stereocenters. The number of ether oxygens (including phenoxy) is 1. The van der Waals surface area contributed by atoms with Gasteiger partial charge in [-0.25, -0.2) is 0 Å². The van der Waals surface area contributed by atoms with E-state index in [1.165, 1.54) is 16.2 Å². The number of morpholine rings is 1. The molecule has 104 valence electrons. The van der Waals surface area contributed by atoms with Gasteiger partial charge in [0, 0.05) is 42.7 Å². The van der Waals surface area contributed by atoms with Crippen molar-refractivity contribution in [2.45, 2.75) is 16.9 Å². The molecule has 0 radical (unpaired) electrons. The van der Waals surface area contributed by atoms with Crippen LogP contribution in [0.25, 0.3) is 0 Å². The molecule has 1 fully saturated rings. The lowest BCUT2D eigenvalue weighted by atomic mass is 10.0. The number of thioether (sulfide) groups is 1. The second-order valence-corrected chi connectivity index (χ2v) is 6.52. The fraction of sp³-hybridized carbons (Fsp3) is 0.600. The number of benzene rings is 1. The minimum Gasteiger partial charge on any atom is -0.374 e. The summed E-state index contributed by atoms with van der Waals surface area (Å²) in [5.41, 5.74) is 1.52. The van der Waals surface area contributed by atoms with Crippen LogP contribution in [0, 0.1) is 0 Å². The van der Waals surface area contributed by atoms with E-state index in [2.05, 4.69) is 41.5 Å². The summed E-state index contributed by atoms with van der Waals surface area (Å²) in [6.45, 7) is 5.00. The summed E-state index contributed by atoms with van der Waals surface area (Å²) >= 11 is 1.98. The van der Waals surface area contributed by atoms with Gasteiger partial charge < -0.3 is 15.0 Å². The molecule has 0 spiro atoms. The molecule has 19 heavy (non-hydrogen) atoms. The molecular weight excluding hydrogens is 256 g/mol. The highest BCUT2D eigenvalue weighted by Crippen LogP contribution is 2.38. The lowest BCUT2D eigenvalue weighted by Gasteiger charge is -2.30. The molecule has 0 amide bonds. The van der Waals surface area contributed by atoms with Crippen LogP contribution in [0.5, 0.6) is 0 Å². The SMILES string of the molecule is CN1CCOC(CNCC2CSc3ccccc32)C1. The second-order valence-electron chi connectivity index (χ2n) is 5.46. The van der Waals surface area contributed by atoms with Crippen LogP contribution in [0.3, 0.4) is 0 Å². The van der Waals surface area contributed by atoms with E-state index in [1.54, 1.807) is 0 Å². The van der Waals surface area contributed by atoms with Gasteiger partial charge in [0.25, 0.3) is 0 Å². The molecule has 2 unspecified atom stereocenters. The number of nitrogens with zero attached hydrogens (tertiary/aromatic N) is 1. The Morgan fingerprint density at radius 1 is 1.37 bits per heavy atom. The number of hydrogen-bond acceptors (Lipinski definition) is 4. The fourth-order valence-electron chi connectivity index (χ4n) is 2.81. The van der Waals surface area contributed by atoms with Gasteiger partial charge in [-0.1, -0.05) is 18.2 Å². The lowest BCUT2D eigenvalue weighted by molar-refractivity contribution is -0.0180. The topological polar surface area (TPSA) is 24.5 Å². The molecule has 0 aliphatic carbocycles. The minimum absolute atomic E-state index is 0.350. The predicted octanol–water partition coefficient (Wildman–Crippen LogP) is 1.80. The maximum Gasteiger partial charge on any atom is 0.0826 e. The van der Waals surface area contributed by atoms with Crippen LogP contribution in [0.2, 0.25) is 0 Å². The average Bonchev–Trinajstić information content (AvgIpc) is 2.83. The van der Waals surface area contributed by atoms with E-state index in [0.717, 1.165) is 32.8 Å². The number of nitrogens with one attached hydrogen (secondary N) is 1. The molecule has 4 heteroatoms. The minimum atomic E-state index is 0.350. The summed E-state index contributed by atoms with van der Waals surface area (Å²) in [5.74, 6) is 1.86. The van der Waals surface area contributed by atoms with Gasteiger partial charge >= 0.3 is 0 Å². The third kappa shape index (κ3) is 3.31. The normalized spacial score (nSPS) is 27.4. The van der Waals surface area contributed by atoms with E-state index < -0.39 is 0 Å². The Morgan fingerprint density at radius 2 is 2.26 bits per heavy atom. The highest BCUT2D eigenvalue weighted by atomic mass is 32.2. The van der Waals surface area contributed by atoms with Crippen molar-refractivity contribution < 1.29 is 4.74 Å². The molecule has 0 saturated carbocycles. The molecule has 1 saturated heterocycles. The molecule has 1 aromatic carbocycles. The van der Waals surface area contributed by atoms with Gasteiger partial charge in [0.15, 0.2) is 0 Å². The molecule has 1 N–H and O–H groups in total. The highest BCUT2D eigenvalue weighted by Gasteiger charge is 2.23. The van der Waals surface area contributed by atoms with E-state index in [4.69, 9.17) is 4.74 Å². The van der Waals surface area contributed by atoms with Crippen molar-refractivity contribution in [3.63, 3.8) is 0 Å². The molecule has 2 heterocycles. The predicted molar refractivity (Wildman–Crippen MR) is 80.0 cm³/mol. The second kappa shape index (κ2) is 6.27. The number of rotatable bonds is 4. The first-order valence-electron chi connectivity index (χ1n) is 7.05. The highest BCUT2D eigenvalue weighted by molar-refractivity contribution is 7.99. The van der Waals surface area contributed by atoms with Crippen molar-refractivity contribution in [3.8, 4) is 0 Å². The van der Waals surface area contributed by atoms with Crippen LogP contribution in [-0.2, 0) is 4.74 Å². The smallest absolute Gasteiger partial charge is 0.0826 e. The standard InChI is InChI=1S/C15H22N2OS/c1-17-6-7-18-13(10-17)9-16-8-12-11-19-15-5-3-2-4-14(12)15/h2-5,12-13,16H,6-11H2,1H3. The van der Waals surface area contributed by atoms with Crippen molar-refractivity contribution >= 4 is 11.8 Å². The van der Waals surface area contributed by atoms with Crippen molar-refractivity contribution in [2.24, 2.45) is 0 Å². The molecule has 3 nitrogen and oxygen atoms in total. The fourth-order valence-corrected chi connectivity index (χ4v) is 4.06. The summed E-state index contributed by atoms with van der Waals surface area (Å²) in [5, 5.41) is 3.59. The Kier molecular flexibility index (Phi) is 4.43. The Labute approximate surface area is 119 Å². The van der Waals surface area contributed by atoms with Crippen molar-refractivity contribution in [1.82, 2.24) is 10.2 Å². The quantitative estimate of drug-likeness (QED) is 0.907. The molecule has 2 aliphatic rings. The number of likely N-dealkylation sites (N-methyl/N-ethyl adjacent to an activating group) is 1. The van der Waals surface area contributed by atoms with E-state index in [-0.39, 0.29) is 0 Å². The molecule has 0 bridgehead atoms. The Bertz CT molecular complexity index is 426. The summed E-state index contributed by atoms with van der Waals surface area (Å²) in [4.78, 5) is 3.80. The Morgan fingerprint density at radius 3 is 3.16 bits per heavy atom. The first kappa shape index (κ1) is 13.4. The molecular formula is C15H22N2OS. The van der Waals surface area contributed by atoms with Crippen LogP contribution in [0.1, 0.15) is 11.5 Å². The Balaban J connectivity index is 1.46. The van der Waals surface area contributed by atoms with Crippen LogP contribution < -0.4 is 5.32 Å². The molecule has 1 aromatic rings. The third-order valence-electron chi connectivity index (χ3n) is 3.90. The van der Waals surface area contributed by atoms with Crippen LogP contribution in [0.4, 0.5) is 0 Å². The van der Waals surface area contributed by atoms with Crippen LogP contribution in [-0.4, -0.2) is 56.6 Å². The first-order chi connectivity index (χ1) is 9.33. The Hall–Kier alpha value is -0.550. The zero-order valence-corrected chi connectivity index (χ0v) is 12.3. The molecule has 3 rings (SSSR count). The maximum atomic E-state index is 5.77. The summed E-state index contributed by atoms with van der Waals surface area (Å²) < 4.78 is 5.77.